The van der Waals surface area contributed by atoms with Crippen LogP contribution in [-0.2, 0) is 21.5 Å². The Morgan fingerprint density at radius 1 is 1.37 bits per heavy atom. The van der Waals surface area contributed by atoms with Crippen LogP contribution in [0, 0.1) is 0 Å². The van der Waals surface area contributed by atoms with Gasteiger partial charge >= 0.3 is 5.97 Å². The molecule has 1 aromatic carbocycles. The third-order valence-corrected chi connectivity index (χ3v) is 5.10. The molecule has 0 aromatic heterocycles. The molecule has 0 aliphatic carbocycles. The van der Waals surface area contributed by atoms with Crippen LogP contribution in [0.1, 0.15) is 17.0 Å². The highest BCUT2D eigenvalue weighted by Crippen LogP contribution is 2.30. The molecule has 6 nitrogen and oxygen atoms in total. The summed E-state index contributed by atoms with van der Waals surface area (Å²) in [5.41, 5.74) is 1.44. The first kappa shape index (κ1) is 14.0. The molecule has 0 amide bonds. The lowest BCUT2D eigenvalue weighted by atomic mass is 9.91. The summed E-state index contributed by atoms with van der Waals surface area (Å²) < 4.78 is 26.5. The van der Waals surface area contributed by atoms with E-state index in [9.17, 15) is 18.3 Å². The third-order valence-electron chi connectivity index (χ3n) is 3.25. The summed E-state index contributed by atoms with van der Waals surface area (Å²) in [6.45, 7) is 0.174. The van der Waals surface area contributed by atoms with Crippen molar-refractivity contribution in [3.05, 3.63) is 35.4 Å². The highest BCUT2D eigenvalue weighted by Gasteiger charge is 2.36. The molecule has 1 aliphatic rings. The lowest BCUT2D eigenvalue weighted by Crippen LogP contribution is -2.45. The summed E-state index contributed by atoms with van der Waals surface area (Å²) in [6, 6.07) is 7.06. The van der Waals surface area contributed by atoms with Crippen LogP contribution in [0.15, 0.2) is 24.3 Å². The molecule has 0 bridgehead atoms. The first-order valence-corrected chi connectivity index (χ1v) is 7.22. The van der Waals surface area contributed by atoms with Crippen molar-refractivity contribution < 1.29 is 18.3 Å². The van der Waals surface area contributed by atoms with E-state index in [-0.39, 0.29) is 13.1 Å². The number of hydrogen-bond acceptors (Lipinski definition) is 3. The molecule has 1 aromatic rings. The first-order valence-electron chi connectivity index (χ1n) is 5.82. The van der Waals surface area contributed by atoms with Crippen LogP contribution >= 0.6 is 0 Å². The second-order valence-electron chi connectivity index (χ2n) is 4.67. The van der Waals surface area contributed by atoms with Gasteiger partial charge in [0.15, 0.2) is 0 Å². The molecule has 0 saturated heterocycles. The van der Waals surface area contributed by atoms with E-state index in [1.165, 1.54) is 18.4 Å². The van der Waals surface area contributed by atoms with Gasteiger partial charge in [0.2, 0.25) is 0 Å². The van der Waals surface area contributed by atoms with Crippen molar-refractivity contribution in [3.63, 3.8) is 0 Å². The zero-order valence-electron chi connectivity index (χ0n) is 10.8. The molecule has 104 valence electrons. The summed E-state index contributed by atoms with van der Waals surface area (Å²) in [7, 11) is -0.734. The minimum atomic E-state index is -3.61. The fourth-order valence-corrected chi connectivity index (χ4v) is 3.29. The van der Waals surface area contributed by atoms with Crippen LogP contribution < -0.4 is 0 Å². The van der Waals surface area contributed by atoms with Crippen molar-refractivity contribution in [1.29, 1.82) is 0 Å². The molecule has 7 heteroatoms. The number of nitrogens with zero attached hydrogens (tertiary/aromatic N) is 2. The van der Waals surface area contributed by atoms with E-state index in [2.05, 4.69) is 0 Å². The maximum Gasteiger partial charge on any atom is 0.312 e. The Balaban J connectivity index is 2.44. The van der Waals surface area contributed by atoms with Crippen LogP contribution in [0.4, 0.5) is 0 Å². The van der Waals surface area contributed by atoms with Crippen molar-refractivity contribution in [1.82, 2.24) is 8.61 Å². The van der Waals surface area contributed by atoms with E-state index < -0.39 is 22.1 Å². The molecule has 0 radical (unpaired) electrons. The minimum absolute atomic E-state index is 0.0349. The van der Waals surface area contributed by atoms with E-state index in [0.717, 1.165) is 9.87 Å². The van der Waals surface area contributed by atoms with E-state index in [4.69, 9.17) is 0 Å². The average Bonchev–Trinajstić information content (AvgIpc) is 2.36. The normalized spacial score (nSPS) is 20.3. The van der Waals surface area contributed by atoms with E-state index in [1.807, 2.05) is 0 Å². The first-order chi connectivity index (χ1) is 8.84. The molecular formula is C12H16N2O4S. The predicted molar refractivity (Wildman–Crippen MR) is 69.8 cm³/mol. The Kier molecular flexibility index (Phi) is 3.62. The lowest BCUT2D eigenvalue weighted by molar-refractivity contribution is -0.139. The molecule has 1 atom stereocenters. The van der Waals surface area contributed by atoms with Gasteiger partial charge < -0.3 is 5.11 Å². The van der Waals surface area contributed by atoms with Gasteiger partial charge in [-0.1, -0.05) is 24.3 Å². The van der Waals surface area contributed by atoms with Crippen LogP contribution in [0.3, 0.4) is 0 Å². The zero-order valence-corrected chi connectivity index (χ0v) is 11.6. The van der Waals surface area contributed by atoms with Gasteiger partial charge in [0.05, 0.1) is 5.92 Å². The topological polar surface area (TPSA) is 77.9 Å². The van der Waals surface area contributed by atoms with Crippen LogP contribution in [0.25, 0.3) is 0 Å². The van der Waals surface area contributed by atoms with Crippen LogP contribution in [0.5, 0.6) is 0 Å². The van der Waals surface area contributed by atoms with Crippen molar-refractivity contribution in [2.24, 2.45) is 0 Å². The minimum Gasteiger partial charge on any atom is -0.481 e. The van der Waals surface area contributed by atoms with Crippen molar-refractivity contribution in [3.8, 4) is 0 Å². The summed E-state index contributed by atoms with van der Waals surface area (Å²) in [6.07, 6.45) is 0. The summed E-state index contributed by atoms with van der Waals surface area (Å²) in [5.74, 6) is -1.83. The average molecular weight is 284 g/mol. The van der Waals surface area contributed by atoms with Gasteiger partial charge in [0.25, 0.3) is 10.2 Å². The van der Waals surface area contributed by atoms with Gasteiger partial charge in [-0.05, 0) is 11.1 Å². The smallest absolute Gasteiger partial charge is 0.312 e. The second-order valence-corrected chi connectivity index (χ2v) is 6.81. The Bertz CT molecular complexity index is 598. The number of aliphatic carboxylic acids is 1. The van der Waals surface area contributed by atoms with E-state index in [1.54, 1.807) is 24.3 Å². The summed E-state index contributed by atoms with van der Waals surface area (Å²) in [4.78, 5) is 11.3. The molecule has 2 rings (SSSR count). The Morgan fingerprint density at radius 2 is 2.00 bits per heavy atom. The number of fused-ring (bicyclic) bond motifs is 1. The lowest BCUT2D eigenvalue weighted by Gasteiger charge is -2.33. The van der Waals surface area contributed by atoms with Gasteiger partial charge in [-0.3, -0.25) is 4.79 Å². The van der Waals surface area contributed by atoms with Gasteiger partial charge in [-0.15, -0.1) is 0 Å². The van der Waals surface area contributed by atoms with Crippen molar-refractivity contribution in [2.75, 3.05) is 20.6 Å². The maximum atomic E-state index is 12.1. The molecule has 0 saturated carbocycles. The summed E-state index contributed by atoms with van der Waals surface area (Å²) >= 11 is 0. The number of hydrogen-bond donors (Lipinski definition) is 1. The molecular weight excluding hydrogens is 268 g/mol. The standard InChI is InChI=1S/C12H16N2O4S/c1-13(2)19(17,18)14-7-9-5-3-4-6-10(9)11(8-14)12(15)16/h3-6,11H,7-8H2,1-2H3,(H,15,16). The molecule has 1 unspecified atom stereocenters. The summed E-state index contributed by atoms with van der Waals surface area (Å²) in [5, 5.41) is 9.27. The van der Waals surface area contributed by atoms with Crippen molar-refractivity contribution >= 4 is 16.2 Å². The molecule has 1 heterocycles. The SMILES string of the molecule is CN(C)S(=O)(=O)N1Cc2ccccc2C(C(=O)O)C1. The highest BCUT2D eigenvalue weighted by atomic mass is 32.2. The number of carboxylic acids is 1. The second kappa shape index (κ2) is 4.92. The van der Waals surface area contributed by atoms with Crippen LogP contribution in [0.2, 0.25) is 0 Å². The predicted octanol–water partition coefficient (Wildman–Crippen LogP) is 0.477. The highest BCUT2D eigenvalue weighted by molar-refractivity contribution is 7.86. The number of benzene rings is 1. The van der Waals surface area contributed by atoms with Crippen molar-refractivity contribution in [2.45, 2.75) is 12.5 Å². The van der Waals surface area contributed by atoms with Gasteiger partial charge in [-0.25, -0.2) is 0 Å². The molecule has 0 spiro atoms. The Morgan fingerprint density at radius 3 is 2.58 bits per heavy atom. The quantitative estimate of drug-likeness (QED) is 0.875. The number of rotatable bonds is 3. The third kappa shape index (κ3) is 2.49. The van der Waals surface area contributed by atoms with Gasteiger partial charge in [-0.2, -0.15) is 17.0 Å². The van der Waals surface area contributed by atoms with Gasteiger partial charge in [0.1, 0.15) is 0 Å². The van der Waals surface area contributed by atoms with E-state index >= 15 is 0 Å². The monoisotopic (exact) mass is 284 g/mol. The van der Waals surface area contributed by atoms with E-state index in [0.29, 0.717) is 5.56 Å². The molecule has 1 N–H and O–H groups in total. The maximum absolute atomic E-state index is 12.1. The molecule has 19 heavy (non-hydrogen) atoms. The Hall–Kier alpha value is -1.44. The fraction of sp³-hybridized carbons (Fsp3) is 0.417. The fourth-order valence-electron chi connectivity index (χ4n) is 2.19. The largest absolute Gasteiger partial charge is 0.481 e. The molecule has 0 fully saturated rings. The van der Waals surface area contributed by atoms with Gasteiger partial charge in [0, 0.05) is 27.2 Å². The number of carbonyl (C=O) groups is 1. The van der Waals surface area contributed by atoms with Crippen LogP contribution in [-0.4, -0.2) is 48.7 Å². The number of carboxylic acid groups (broad SMARTS) is 1. The molecule has 1 aliphatic heterocycles. The zero-order chi connectivity index (χ0) is 14.2. The Labute approximate surface area is 112 Å².